The zero-order valence-electron chi connectivity index (χ0n) is 24.2. The molecule has 2 aromatic carbocycles. The SMILES string of the molecule is CC1CCCC(n2cnc(-c3cc(Cl)ccc3N(N)/C=C(N)/C(N)=N/O)cc2=O)c2cc(ccn2)-c2cc(F)ccc2NC1=O. The van der Waals surface area contributed by atoms with Gasteiger partial charge in [-0.15, -0.1) is 0 Å². The molecule has 2 unspecified atom stereocenters. The molecule has 14 heteroatoms. The van der Waals surface area contributed by atoms with E-state index in [9.17, 15) is 14.0 Å². The van der Waals surface area contributed by atoms with Crippen molar-refractivity contribution in [3.63, 3.8) is 0 Å². The zero-order chi connectivity index (χ0) is 32.2. The van der Waals surface area contributed by atoms with E-state index in [4.69, 9.17) is 34.1 Å². The molecule has 0 radical (unpaired) electrons. The number of amidine groups is 1. The van der Waals surface area contributed by atoms with E-state index in [1.54, 1.807) is 36.5 Å². The van der Waals surface area contributed by atoms with Crippen molar-refractivity contribution in [2.24, 2.45) is 28.4 Å². The van der Waals surface area contributed by atoms with Crippen LogP contribution in [0.15, 0.2) is 89.0 Å². The van der Waals surface area contributed by atoms with Crippen molar-refractivity contribution in [3.8, 4) is 22.4 Å². The Hall–Kier alpha value is -5.27. The van der Waals surface area contributed by atoms with Crippen LogP contribution in [0.2, 0.25) is 5.02 Å². The van der Waals surface area contributed by atoms with Gasteiger partial charge >= 0.3 is 0 Å². The van der Waals surface area contributed by atoms with Gasteiger partial charge < -0.3 is 22.0 Å². The smallest absolute Gasteiger partial charge is 0.254 e. The number of halogens is 2. The Morgan fingerprint density at radius 1 is 1.11 bits per heavy atom. The van der Waals surface area contributed by atoms with Crippen LogP contribution in [0.5, 0.6) is 0 Å². The fourth-order valence-corrected chi connectivity index (χ4v) is 5.34. The third kappa shape index (κ3) is 6.79. The van der Waals surface area contributed by atoms with Crippen LogP contribution < -0.4 is 33.2 Å². The number of carbonyl (C=O) groups excluding carboxylic acids is 1. The second-order valence-corrected chi connectivity index (χ2v) is 11.1. The molecule has 0 spiro atoms. The summed E-state index contributed by atoms with van der Waals surface area (Å²) in [5, 5.41) is 16.2. The van der Waals surface area contributed by atoms with E-state index in [0.29, 0.717) is 58.0 Å². The molecule has 232 valence electrons. The second kappa shape index (κ2) is 13.2. The molecule has 2 bridgehead atoms. The van der Waals surface area contributed by atoms with Crippen LogP contribution in [0.1, 0.15) is 37.9 Å². The van der Waals surface area contributed by atoms with Crippen molar-refractivity contribution in [1.29, 1.82) is 0 Å². The van der Waals surface area contributed by atoms with Gasteiger partial charge in [0.15, 0.2) is 5.84 Å². The average molecular weight is 632 g/mol. The summed E-state index contributed by atoms with van der Waals surface area (Å²) >= 11 is 6.29. The Morgan fingerprint density at radius 2 is 1.91 bits per heavy atom. The van der Waals surface area contributed by atoms with Gasteiger partial charge in [-0.2, -0.15) is 0 Å². The number of hydrazine groups is 1. The average Bonchev–Trinajstić information content (AvgIpc) is 3.03. The molecular weight excluding hydrogens is 601 g/mol. The largest absolute Gasteiger partial charge is 0.409 e. The summed E-state index contributed by atoms with van der Waals surface area (Å²) in [7, 11) is 0. The van der Waals surface area contributed by atoms with Crippen LogP contribution in [0.3, 0.4) is 0 Å². The van der Waals surface area contributed by atoms with E-state index >= 15 is 0 Å². The molecule has 2 aromatic heterocycles. The molecule has 0 fully saturated rings. The first-order chi connectivity index (χ1) is 21.5. The molecule has 1 aliphatic heterocycles. The number of nitrogens with one attached hydrogen (secondary N) is 1. The van der Waals surface area contributed by atoms with Gasteiger partial charge in [0.1, 0.15) is 5.82 Å². The van der Waals surface area contributed by atoms with E-state index in [0.717, 1.165) is 5.01 Å². The van der Waals surface area contributed by atoms with Crippen molar-refractivity contribution in [2.45, 2.75) is 32.2 Å². The van der Waals surface area contributed by atoms with Crippen LogP contribution in [0.4, 0.5) is 15.8 Å². The molecule has 4 aromatic rings. The van der Waals surface area contributed by atoms with Crippen LogP contribution in [0.25, 0.3) is 22.4 Å². The highest BCUT2D eigenvalue weighted by Gasteiger charge is 2.23. The molecule has 0 saturated heterocycles. The third-order valence-electron chi connectivity index (χ3n) is 7.60. The maximum Gasteiger partial charge on any atom is 0.254 e. The lowest BCUT2D eigenvalue weighted by Gasteiger charge is -2.23. The minimum Gasteiger partial charge on any atom is -0.409 e. The number of aromatic nitrogens is 3. The Balaban J connectivity index is 1.58. The highest BCUT2D eigenvalue weighted by molar-refractivity contribution is 6.31. The second-order valence-electron chi connectivity index (χ2n) is 10.7. The highest BCUT2D eigenvalue weighted by Crippen LogP contribution is 2.34. The summed E-state index contributed by atoms with van der Waals surface area (Å²) in [6.45, 7) is 1.83. The summed E-state index contributed by atoms with van der Waals surface area (Å²) in [6, 6.07) is 13.4. The van der Waals surface area contributed by atoms with E-state index in [1.165, 1.54) is 41.4 Å². The summed E-state index contributed by atoms with van der Waals surface area (Å²) < 4.78 is 15.8. The molecule has 1 aliphatic rings. The first kappa shape index (κ1) is 31.2. The number of benzene rings is 2. The number of nitrogens with zero attached hydrogens (tertiary/aromatic N) is 5. The van der Waals surface area contributed by atoms with Crippen molar-refractivity contribution >= 4 is 34.7 Å². The summed E-state index contributed by atoms with van der Waals surface area (Å²) in [5.74, 6) is 4.93. The molecule has 5 rings (SSSR count). The summed E-state index contributed by atoms with van der Waals surface area (Å²) in [6.07, 6.45) is 5.93. The quantitative estimate of drug-likeness (QED) is 0.0701. The molecule has 0 saturated carbocycles. The number of hydrogen-bond donors (Lipinski definition) is 5. The predicted molar refractivity (Wildman–Crippen MR) is 171 cm³/mol. The van der Waals surface area contributed by atoms with Crippen molar-refractivity contribution in [3.05, 3.63) is 106 Å². The maximum absolute atomic E-state index is 14.3. The Bertz CT molecular complexity index is 1880. The number of pyridine rings is 1. The van der Waals surface area contributed by atoms with Crippen molar-refractivity contribution < 1.29 is 14.4 Å². The molecule has 45 heavy (non-hydrogen) atoms. The minimum atomic E-state index is -0.529. The van der Waals surface area contributed by atoms with E-state index in [1.807, 2.05) is 6.92 Å². The molecular formula is C31H31ClFN9O3. The number of amides is 1. The van der Waals surface area contributed by atoms with Gasteiger partial charge in [-0.3, -0.25) is 24.1 Å². The van der Waals surface area contributed by atoms with Gasteiger partial charge in [0.2, 0.25) is 5.91 Å². The highest BCUT2D eigenvalue weighted by atomic mass is 35.5. The van der Waals surface area contributed by atoms with Crippen LogP contribution in [0, 0.1) is 11.7 Å². The van der Waals surface area contributed by atoms with Crippen molar-refractivity contribution in [2.75, 3.05) is 10.3 Å². The molecule has 8 N–H and O–H groups in total. The zero-order valence-corrected chi connectivity index (χ0v) is 24.9. The van der Waals surface area contributed by atoms with Gasteiger partial charge in [0.25, 0.3) is 5.56 Å². The van der Waals surface area contributed by atoms with Gasteiger partial charge in [-0.1, -0.05) is 30.1 Å². The van der Waals surface area contributed by atoms with Crippen LogP contribution >= 0.6 is 11.6 Å². The van der Waals surface area contributed by atoms with E-state index in [2.05, 4.69) is 20.4 Å². The predicted octanol–water partition coefficient (Wildman–Crippen LogP) is 4.34. The third-order valence-corrected chi connectivity index (χ3v) is 7.84. The fraction of sp³-hybridized carbons (Fsp3) is 0.194. The lowest BCUT2D eigenvalue weighted by atomic mass is 9.95. The van der Waals surface area contributed by atoms with Gasteiger partial charge in [-0.05, 0) is 66.9 Å². The Labute approximate surface area is 262 Å². The van der Waals surface area contributed by atoms with E-state index < -0.39 is 11.9 Å². The molecule has 1 amide bonds. The minimum absolute atomic E-state index is 0.0985. The lowest BCUT2D eigenvalue weighted by Crippen LogP contribution is -2.30. The normalized spacial score (nSPS) is 17.5. The van der Waals surface area contributed by atoms with Gasteiger partial charge in [0, 0.05) is 46.2 Å². The molecule has 12 nitrogen and oxygen atoms in total. The molecule has 2 atom stereocenters. The lowest BCUT2D eigenvalue weighted by molar-refractivity contribution is -0.119. The maximum atomic E-state index is 14.3. The summed E-state index contributed by atoms with van der Waals surface area (Å²) in [4.78, 5) is 35.8. The standard InChI is InChI=1S/C31H31ClFN9O3/c1-17-3-2-4-28(26-11-18(9-10-37-26)21-13-20(33)6-7-24(21)39-31(17)44)41-16-38-25(14-29(41)43)22-12-19(32)5-8-27(22)42(36)15-23(34)30(35)40-45/h5-17,28,45H,2-4,34,36H2,1H3,(H2,35,40)(H,39,44)/b23-15-. The Morgan fingerprint density at radius 3 is 2.67 bits per heavy atom. The number of hydrogen-bond acceptors (Lipinski definition) is 9. The summed E-state index contributed by atoms with van der Waals surface area (Å²) in [5.41, 5.74) is 14.2. The first-order valence-corrected chi connectivity index (χ1v) is 14.4. The number of anilines is 2. The molecule has 0 aliphatic carbocycles. The Kier molecular flexibility index (Phi) is 9.11. The van der Waals surface area contributed by atoms with Gasteiger partial charge in [-0.25, -0.2) is 15.2 Å². The first-order valence-electron chi connectivity index (χ1n) is 14.0. The number of fused-ring (bicyclic) bond motifs is 4. The van der Waals surface area contributed by atoms with E-state index in [-0.39, 0.29) is 34.6 Å². The van der Waals surface area contributed by atoms with Gasteiger partial charge in [0.05, 0.1) is 35.1 Å². The number of nitrogens with two attached hydrogens (primary N) is 3. The monoisotopic (exact) mass is 631 g/mol. The number of rotatable bonds is 5. The van der Waals surface area contributed by atoms with Crippen LogP contribution in [-0.2, 0) is 4.79 Å². The molecule has 3 heterocycles. The fourth-order valence-electron chi connectivity index (χ4n) is 5.17. The number of carbonyl (C=O) groups is 1. The topological polar surface area (TPSA) is 191 Å². The number of oxime groups is 1. The van der Waals surface area contributed by atoms with Crippen LogP contribution in [-0.4, -0.2) is 31.5 Å². The van der Waals surface area contributed by atoms with Crippen molar-refractivity contribution in [1.82, 2.24) is 14.5 Å².